The maximum atomic E-state index is 12.1. The highest BCUT2D eigenvalue weighted by atomic mass is 32.1. The number of ether oxygens (including phenoxy) is 1. The van der Waals surface area contributed by atoms with Crippen LogP contribution in [0.15, 0.2) is 24.3 Å². The first-order valence-corrected chi connectivity index (χ1v) is 7.21. The van der Waals surface area contributed by atoms with Crippen molar-refractivity contribution in [3.63, 3.8) is 0 Å². The predicted octanol–water partition coefficient (Wildman–Crippen LogP) is 1.50. The molecule has 2 rings (SSSR count). The predicted molar refractivity (Wildman–Crippen MR) is 82.6 cm³/mol. The summed E-state index contributed by atoms with van der Waals surface area (Å²) >= 11 is 4.90. The van der Waals surface area contributed by atoms with E-state index in [1.54, 1.807) is 4.90 Å². The Labute approximate surface area is 124 Å². The van der Waals surface area contributed by atoms with Crippen LogP contribution in [0.25, 0.3) is 0 Å². The Balaban J connectivity index is 1.87. The van der Waals surface area contributed by atoms with Crippen molar-refractivity contribution in [1.82, 2.24) is 4.90 Å². The van der Waals surface area contributed by atoms with Gasteiger partial charge in [0.25, 0.3) is 0 Å². The minimum atomic E-state index is 0.101. The molecule has 0 saturated carbocycles. The molecule has 1 fully saturated rings. The highest BCUT2D eigenvalue weighted by Crippen LogP contribution is 2.13. The second kappa shape index (κ2) is 6.81. The molecular formula is C15H20N2O2S. The molecule has 4 nitrogen and oxygen atoms in total. The van der Waals surface area contributed by atoms with Crippen molar-refractivity contribution in [1.29, 1.82) is 0 Å². The molecular weight excluding hydrogens is 272 g/mol. The van der Waals surface area contributed by atoms with E-state index in [0.717, 1.165) is 30.6 Å². The Bertz CT molecular complexity index is 481. The van der Waals surface area contributed by atoms with Crippen LogP contribution >= 0.6 is 12.2 Å². The quantitative estimate of drug-likeness (QED) is 0.836. The zero-order valence-corrected chi connectivity index (χ0v) is 12.5. The molecule has 0 aromatic heterocycles. The maximum Gasteiger partial charge on any atom is 0.226 e. The number of benzene rings is 1. The number of carbonyl (C=O) groups excluding carboxylic acids is 1. The fourth-order valence-corrected chi connectivity index (χ4v) is 2.43. The van der Waals surface area contributed by atoms with E-state index in [1.807, 2.05) is 31.3 Å². The molecule has 1 unspecified atom stereocenters. The molecule has 0 aliphatic carbocycles. The van der Waals surface area contributed by atoms with E-state index in [1.165, 1.54) is 0 Å². The standard InChI is InChI=1S/C15H20N2O2S/c1-17(10-13-3-2-8-19-13)14(18)9-11-4-6-12(7-5-11)15(16)20/h4-7,13H,2-3,8-10H2,1H3,(H2,16,20). The average Bonchev–Trinajstić information content (AvgIpc) is 2.92. The highest BCUT2D eigenvalue weighted by molar-refractivity contribution is 7.80. The highest BCUT2D eigenvalue weighted by Gasteiger charge is 2.20. The largest absolute Gasteiger partial charge is 0.389 e. The van der Waals surface area contributed by atoms with E-state index < -0.39 is 0 Å². The molecule has 0 bridgehead atoms. The summed E-state index contributed by atoms with van der Waals surface area (Å²) in [6.07, 6.45) is 2.72. The molecule has 1 aromatic carbocycles. The lowest BCUT2D eigenvalue weighted by atomic mass is 10.1. The van der Waals surface area contributed by atoms with E-state index in [2.05, 4.69) is 0 Å². The molecule has 1 aliphatic heterocycles. The van der Waals surface area contributed by atoms with Crippen LogP contribution < -0.4 is 5.73 Å². The number of hydrogen-bond acceptors (Lipinski definition) is 3. The zero-order valence-electron chi connectivity index (χ0n) is 11.7. The number of nitrogens with zero attached hydrogens (tertiary/aromatic N) is 1. The van der Waals surface area contributed by atoms with Crippen molar-refractivity contribution < 1.29 is 9.53 Å². The summed E-state index contributed by atoms with van der Waals surface area (Å²) in [6, 6.07) is 7.49. The third-order valence-electron chi connectivity index (χ3n) is 3.52. The maximum absolute atomic E-state index is 12.1. The summed E-state index contributed by atoms with van der Waals surface area (Å²) in [5.41, 5.74) is 7.34. The summed E-state index contributed by atoms with van der Waals surface area (Å²) in [5, 5.41) is 0. The first-order chi connectivity index (χ1) is 9.56. The number of carbonyl (C=O) groups is 1. The number of rotatable bonds is 5. The van der Waals surface area contributed by atoms with Crippen LogP contribution in [0.3, 0.4) is 0 Å². The van der Waals surface area contributed by atoms with Gasteiger partial charge in [0.15, 0.2) is 0 Å². The molecule has 2 N–H and O–H groups in total. The number of amides is 1. The number of likely N-dealkylation sites (N-methyl/N-ethyl adjacent to an activating group) is 1. The monoisotopic (exact) mass is 292 g/mol. The number of thiocarbonyl (C=S) groups is 1. The molecule has 0 spiro atoms. The second-order valence-electron chi connectivity index (χ2n) is 5.15. The molecule has 1 amide bonds. The fraction of sp³-hybridized carbons (Fsp3) is 0.467. The SMILES string of the molecule is CN(CC1CCCO1)C(=O)Cc1ccc(C(N)=S)cc1. The van der Waals surface area contributed by atoms with Crippen LogP contribution in [0.5, 0.6) is 0 Å². The molecule has 1 aromatic rings. The van der Waals surface area contributed by atoms with Gasteiger partial charge in [0.2, 0.25) is 5.91 Å². The van der Waals surface area contributed by atoms with Gasteiger partial charge in [0.05, 0.1) is 12.5 Å². The summed E-state index contributed by atoms with van der Waals surface area (Å²) in [5.74, 6) is 0.101. The van der Waals surface area contributed by atoms with Crippen molar-refractivity contribution in [2.45, 2.75) is 25.4 Å². The Kier molecular flexibility index (Phi) is 5.09. The van der Waals surface area contributed by atoms with Crippen LogP contribution in [-0.2, 0) is 16.0 Å². The van der Waals surface area contributed by atoms with Gasteiger partial charge in [-0.15, -0.1) is 0 Å². The van der Waals surface area contributed by atoms with Gasteiger partial charge in [0, 0.05) is 25.8 Å². The van der Waals surface area contributed by atoms with Crippen LogP contribution in [0, 0.1) is 0 Å². The molecule has 0 radical (unpaired) electrons. The van der Waals surface area contributed by atoms with Crippen molar-refractivity contribution in [3.05, 3.63) is 35.4 Å². The second-order valence-corrected chi connectivity index (χ2v) is 5.59. The minimum Gasteiger partial charge on any atom is -0.389 e. The van der Waals surface area contributed by atoms with Gasteiger partial charge >= 0.3 is 0 Å². The van der Waals surface area contributed by atoms with Gasteiger partial charge in [-0.1, -0.05) is 36.5 Å². The molecule has 1 aliphatic rings. The van der Waals surface area contributed by atoms with Crippen molar-refractivity contribution in [3.8, 4) is 0 Å². The molecule has 5 heteroatoms. The minimum absolute atomic E-state index is 0.101. The van der Waals surface area contributed by atoms with E-state index in [9.17, 15) is 4.79 Å². The topological polar surface area (TPSA) is 55.6 Å². The summed E-state index contributed by atoms with van der Waals surface area (Å²) in [7, 11) is 1.83. The smallest absolute Gasteiger partial charge is 0.226 e. The third-order valence-corrected chi connectivity index (χ3v) is 3.76. The Morgan fingerprint density at radius 1 is 1.45 bits per heavy atom. The van der Waals surface area contributed by atoms with Gasteiger partial charge in [-0.05, 0) is 18.4 Å². The number of hydrogen-bond donors (Lipinski definition) is 1. The van der Waals surface area contributed by atoms with E-state index in [-0.39, 0.29) is 12.0 Å². The van der Waals surface area contributed by atoms with Gasteiger partial charge in [-0.3, -0.25) is 4.79 Å². The lowest BCUT2D eigenvalue weighted by Gasteiger charge is -2.20. The zero-order chi connectivity index (χ0) is 14.5. The number of nitrogens with two attached hydrogens (primary N) is 1. The molecule has 1 atom stereocenters. The summed E-state index contributed by atoms with van der Waals surface area (Å²) in [4.78, 5) is 14.3. The molecule has 20 heavy (non-hydrogen) atoms. The molecule has 108 valence electrons. The summed E-state index contributed by atoms with van der Waals surface area (Å²) in [6.45, 7) is 1.48. The molecule has 1 saturated heterocycles. The normalized spacial score (nSPS) is 17.9. The Morgan fingerprint density at radius 2 is 2.15 bits per heavy atom. The van der Waals surface area contributed by atoms with Crippen LogP contribution in [0.1, 0.15) is 24.0 Å². The van der Waals surface area contributed by atoms with E-state index in [0.29, 0.717) is 18.0 Å². The van der Waals surface area contributed by atoms with Crippen molar-refractivity contribution in [2.24, 2.45) is 5.73 Å². The van der Waals surface area contributed by atoms with Crippen LogP contribution in [0.4, 0.5) is 0 Å². The lowest BCUT2D eigenvalue weighted by Crippen LogP contribution is -2.35. The Hall–Kier alpha value is -1.46. The summed E-state index contributed by atoms with van der Waals surface area (Å²) < 4.78 is 5.54. The van der Waals surface area contributed by atoms with Gasteiger partial charge < -0.3 is 15.4 Å². The average molecular weight is 292 g/mol. The first kappa shape index (κ1) is 14.9. The van der Waals surface area contributed by atoms with Gasteiger partial charge in [0.1, 0.15) is 4.99 Å². The third kappa shape index (κ3) is 4.02. The van der Waals surface area contributed by atoms with Crippen LogP contribution in [0.2, 0.25) is 0 Å². The van der Waals surface area contributed by atoms with Gasteiger partial charge in [-0.2, -0.15) is 0 Å². The Morgan fingerprint density at radius 3 is 2.70 bits per heavy atom. The molecule has 1 heterocycles. The van der Waals surface area contributed by atoms with Gasteiger partial charge in [-0.25, -0.2) is 0 Å². The van der Waals surface area contributed by atoms with E-state index in [4.69, 9.17) is 22.7 Å². The first-order valence-electron chi connectivity index (χ1n) is 6.80. The fourth-order valence-electron chi connectivity index (χ4n) is 2.29. The van der Waals surface area contributed by atoms with E-state index >= 15 is 0 Å². The van der Waals surface area contributed by atoms with Crippen molar-refractivity contribution in [2.75, 3.05) is 20.2 Å². The lowest BCUT2D eigenvalue weighted by molar-refractivity contribution is -0.130. The van der Waals surface area contributed by atoms with Crippen LogP contribution in [-0.4, -0.2) is 42.1 Å². The van der Waals surface area contributed by atoms with Crippen molar-refractivity contribution >= 4 is 23.1 Å².